The third kappa shape index (κ3) is 11.5. The number of allylic oxidation sites excluding steroid dienone is 16. The van der Waals surface area contributed by atoms with Gasteiger partial charge >= 0.3 is 0 Å². The van der Waals surface area contributed by atoms with Crippen molar-refractivity contribution in [1.82, 2.24) is 24.9 Å². The molecule has 4 heterocycles. The molecule has 1 atom stereocenters. The Labute approximate surface area is 339 Å². The Morgan fingerprint density at radius 2 is 1.56 bits per heavy atom. The zero-order chi connectivity index (χ0) is 41.5. The molecule has 4 aliphatic rings. The molecule has 0 aromatic heterocycles. The molecule has 2 N–H and O–H groups in total. The normalized spacial score (nSPS) is 22.5. The van der Waals surface area contributed by atoms with Crippen molar-refractivity contribution in [3.05, 3.63) is 157 Å². The number of likely N-dealkylation sites (tertiary alicyclic amines) is 2. The van der Waals surface area contributed by atoms with Crippen LogP contribution in [0, 0.1) is 0 Å². The monoisotopic (exact) mass is 773 g/mol. The predicted molar refractivity (Wildman–Crippen MR) is 229 cm³/mol. The Morgan fingerprint density at radius 3 is 2.18 bits per heavy atom. The van der Waals surface area contributed by atoms with Crippen molar-refractivity contribution >= 4 is 23.6 Å². The summed E-state index contributed by atoms with van der Waals surface area (Å²) in [5.41, 5.74) is 4.87. The molecule has 4 fully saturated rings. The van der Waals surface area contributed by atoms with E-state index in [9.17, 15) is 24.3 Å². The molecule has 57 heavy (non-hydrogen) atoms. The first-order valence-corrected chi connectivity index (χ1v) is 19.9. The fraction of sp³-hybridized carbons (Fsp3) is 0.362. The number of hydrogen-bond acceptors (Lipinski definition) is 8. The number of nitrogens with one attached hydrogen (secondary N) is 1. The fourth-order valence-corrected chi connectivity index (χ4v) is 7.73. The molecule has 10 heteroatoms. The second kappa shape index (κ2) is 21.6. The summed E-state index contributed by atoms with van der Waals surface area (Å²) in [6.07, 6.45) is 27.4. The van der Waals surface area contributed by atoms with Crippen molar-refractivity contribution in [3.8, 4) is 0 Å². The number of piperidine rings is 2. The van der Waals surface area contributed by atoms with E-state index in [4.69, 9.17) is 0 Å². The van der Waals surface area contributed by atoms with E-state index >= 15 is 0 Å². The molecular weight excluding hydrogens is 715 g/mol. The van der Waals surface area contributed by atoms with Crippen LogP contribution in [0.25, 0.3) is 0 Å². The Kier molecular flexibility index (Phi) is 16.8. The maximum Gasteiger partial charge on any atom is 0.262 e. The average Bonchev–Trinajstić information content (AvgIpc) is 3.42. The van der Waals surface area contributed by atoms with Crippen molar-refractivity contribution in [2.24, 2.45) is 0 Å². The number of hydrogen-bond donors (Lipinski definition) is 2. The summed E-state index contributed by atoms with van der Waals surface area (Å²) in [7, 11) is 0. The summed E-state index contributed by atoms with van der Waals surface area (Å²) < 4.78 is 0. The maximum absolute atomic E-state index is 13.3. The third-order valence-corrected chi connectivity index (χ3v) is 10.9. The molecule has 1 unspecified atom stereocenters. The van der Waals surface area contributed by atoms with Gasteiger partial charge in [0.2, 0.25) is 11.8 Å². The molecule has 4 rings (SSSR count). The van der Waals surface area contributed by atoms with E-state index in [0.717, 1.165) is 105 Å². The van der Waals surface area contributed by atoms with Crippen LogP contribution in [-0.2, 0) is 19.2 Å². The van der Waals surface area contributed by atoms with Crippen molar-refractivity contribution in [2.45, 2.75) is 64.0 Å². The molecule has 4 aliphatic heterocycles. The van der Waals surface area contributed by atoms with E-state index in [1.165, 1.54) is 6.08 Å². The summed E-state index contributed by atoms with van der Waals surface area (Å²) in [4.78, 5) is 58.3. The van der Waals surface area contributed by atoms with Crippen molar-refractivity contribution < 1.29 is 24.3 Å². The van der Waals surface area contributed by atoms with Crippen LogP contribution in [0.4, 0.5) is 0 Å². The number of piperazine rings is 1. The third-order valence-electron chi connectivity index (χ3n) is 10.9. The highest BCUT2D eigenvalue weighted by Crippen LogP contribution is 2.30. The van der Waals surface area contributed by atoms with Crippen LogP contribution >= 0.6 is 0 Å². The molecule has 10 nitrogen and oxygen atoms in total. The second-order valence-electron chi connectivity index (χ2n) is 14.4. The van der Waals surface area contributed by atoms with Gasteiger partial charge in [0.15, 0.2) is 0 Å². The highest BCUT2D eigenvalue weighted by atomic mass is 16.3. The molecule has 0 radical (unpaired) electrons. The van der Waals surface area contributed by atoms with Crippen molar-refractivity contribution in [3.63, 3.8) is 0 Å². The fourth-order valence-electron chi connectivity index (χ4n) is 7.73. The molecule has 302 valence electrons. The van der Waals surface area contributed by atoms with Gasteiger partial charge in [0.25, 0.3) is 11.8 Å². The number of rotatable bonds is 18. The van der Waals surface area contributed by atoms with E-state index in [2.05, 4.69) is 84.6 Å². The summed E-state index contributed by atoms with van der Waals surface area (Å²) in [5, 5.41) is 12.1. The Bertz CT molecular complexity index is 1850. The van der Waals surface area contributed by atoms with Gasteiger partial charge in [-0.1, -0.05) is 101 Å². The first-order chi connectivity index (χ1) is 27.5. The minimum absolute atomic E-state index is 0.0401. The lowest BCUT2D eigenvalue weighted by Crippen LogP contribution is -2.54. The van der Waals surface area contributed by atoms with Crippen LogP contribution in [0.5, 0.6) is 0 Å². The smallest absolute Gasteiger partial charge is 0.262 e. The molecule has 0 aliphatic carbocycles. The van der Waals surface area contributed by atoms with Gasteiger partial charge in [-0.3, -0.25) is 34.3 Å². The number of aliphatic hydroxyl groups excluding tert-OH is 1. The molecule has 0 spiro atoms. The molecule has 0 bridgehead atoms. The quantitative estimate of drug-likeness (QED) is 0.0510. The summed E-state index contributed by atoms with van der Waals surface area (Å²) in [6, 6.07) is -0.494. The number of nitrogens with zero attached hydrogens (tertiary/aromatic N) is 4. The molecular formula is C47H59N5O5. The summed E-state index contributed by atoms with van der Waals surface area (Å²) >= 11 is 0. The number of aliphatic hydroxyl groups is 1. The summed E-state index contributed by atoms with van der Waals surface area (Å²) in [6.45, 7) is 32.1. The average molecular weight is 774 g/mol. The predicted octanol–water partition coefficient (Wildman–Crippen LogP) is 6.88. The minimum Gasteiger partial charge on any atom is -0.508 e. The van der Waals surface area contributed by atoms with Crippen molar-refractivity contribution in [2.75, 3.05) is 45.8 Å². The van der Waals surface area contributed by atoms with Gasteiger partial charge in [-0.2, -0.15) is 0 Å². The van der Waals surface area contributed by atoms with E-state index in [-0.39, 0.29) is 29.7 Å². The van der Waals surface area contributed by atoms with Gasteiger partial charge in [0, 0.05) is 49.9 Å². The molecule has 0 aromatic rings. The van der Waals surface area contributed by atoms with Crippen LogP contribution in [-0.4, -0.2) is 106 Å². The van der Waals surface area contributed by atoms with Gasteiger partial charge in [0.1, 0.15) is 11.8 Å². The Hall–Kier alpha value is -5.58. The van der Waals surface area contributed by atoms with E-state index in [0.29, 0.717) is 11.7 Å². The van der Waals surface area contributed by atoms with Crippen LogP contribution in [0.2, 0.25) is 0 Å². The lowest BCUT2D eigenvalue weighted by molar-refractivity contribution is -0.149. The Morgan fingerprint density at radius 1 is 0.860 bits per heavy atom. The standard InChI is InChI=1S/C47H59N5O5/c1-8-18-36(9-2)40(12-5)41(21-17-20-39(53)11-4)37(10-3)19-15-13-14-16-26-49-27-24-38(25-28-49)51-31-29-50(30-32-51)34(6)33-42-35(7)46(56)52(47(42)57)43-22-23-44(54)48-45(43)55/h8-11,13,15,17-21,33,38,43,53H,1-4,6-7,12,14,16,22-32H2,5H3,(H,48,54,55)/b15-13+,21-17+,36-18+,37-19+,39-20+,41-40-,42-33+. The van der Waals surface area contributed by atoms with Gasteiger partial charge < -0.3 is 14.9 Å². The van der Waals surface area contributed by atoms with Crippen LogP contribution in [0.1, 0.15) is 51.9 Å². The van der Waals surface area contributed by atoms with E-state index in [1.54, 1.807) is 18.2 Å². The molecule has 4 amide bonds. The number of unbranched alkanes of at least 4 members (excludes halogenated alkanes) is 1. The number of carbonyl (C=O) groups excluding carboxylic acids is 4. The lowest BCUT2D eigenvalue weighted by atomic mass is 9.91. The van der Waals surface area contributed by atoms with Crippen molar-refractivity contribution in [1.29, 1.82) is 0 Å². The zero-order valence-electron chi connectivity index (χ0n) is 33.6. The highest BCUT2D eigenvalue weighted by Gasteiger charge is 2.46. The van der Waals surface area contributed by atoms with Gasteiger partial charge in [-0.15, -0.1) is 0 Å². The highest BCUT2D eigenvalue weighted by molar-refractivity contribution is 6.26. The van der Waals surface area contributed by atoms with E-state index < -0.39 is 29.7 Å². The van der Waals surface area contributed by atoms with Gasteiger partial charge in [-0.05, 0) is 98.7 Å². The molecule has 4 saturated heterocycles. The molecule has 0 saturated carbocycles. The number of amides is 4. The lowest BCUT2D eigenvalue weighted by Gasteiger charge is -2.43. The first kappa shape index (κ1) is 44.1. The van der Waals surface area contributed by atoms with Crippen LogP contribution in [0.15, 0.2) is 157 Å². The largest absolute Gasteiger partial charge is 0.508 e. The van der Waals surface area contributed by atoms with Crippen LogP contribution in [0.3, 0.4) is 0 Å². The minimum atomic E-state index is -1.02. The topological polar surface area (TPSA) is 114 Å². The maximum atomic E-state index is 13.3. The first-order valence-electron chi connectivity index (χ1n) is 19.9. The van der Waals surface area contributed by atoms with E-state index in [1.807, 2.05) is 30.4 Å². The second-order valence-corrected chi connectivity index (χ2v) is 14.4. The van der Waals surface area contributed by atoms with Crippen LogP contribution < -0.4 is 5.32 Å². The SMILES string of the molecule is C=C/C=C(C=C)/C(CC)=C(/C=C/C=C(/O)C=C)C(\C=C)=C\C=C\CCCN1CCC(N2CCN(C(=C)/C=C3\C(=C)C(=O)N(C4CCC(=O)NC4=O)C3=O)CC2)CC1. The zero-order valence-corrected chi connectivity index (χ0v) is 33.6. The van der Waals surface area contributed by atoms with Gasteiger partial charge in [0.05, 0.1) is 5.57 Å². The summed E-state index contributed by atoms with van der Waals surface area (Å²) in [5.74, 6) is -2.14. The molecule has 0 aromatic carbocycles. The van der Waals surface area contributed by atoms with Gasteiger partial charge in [-0.25, -0.2) is 0 Å². The number of imide groups is 2. The Balaban J connectivity index is 1.24. The number of carbonyl (C=O) groups is 4.